The minimum Gasteiger partial charge on any atom is -0.306 e. The monoisotopic (exact) mass is 193 g/mol. The molecule has 0 saturated heterocycles. The van der Waals surface area contributed by atoms with Crippen LogP contribution >= 0.6 is 0 Å². The first-order valence-electron chi connectivity index (χ1n) is 4.70. The lowest BCUT2D eigenvalue weighted by Gasteiger charge is -2.14. The van der Waals surface area contributed by atoms with Crippen molar-refractivity contribution in [2.45, 2.75) is 32.5 Å². The molecule has 1 heterocycles. The molecule has 0 aliphatic carbocycles. The molecule has 1 aromatic heterocycles. The SMILES string of the molecule is CC(N=O)C(C)NCc1ccccn1. The van der Waals surface area contributed by atoms with Crippen LogP contribution in [0.25, 0.3) is 0 Å². The fourth-order valence-corrected chi connectivity index (χ4v) is 1.03. The molecule has 2 unspecified atom stereocenters. The Labute approximate surface area is 83.7 Å². The molecule has 14 heavy (non-hydrogen) atoms. The molecule has 0 fully saturated rings. The highest BCUT2D eigenvalue weighted by atomic mass is 16.3. The predicted molar refractivity (Wildman–Crippen MR) is 55.8 cm³/mol. The standard InChI is InChI=1S/C10H15N3O/c1-8(9(2)13-14)12-7-10-5-3-4-6-11-10/h3-6,8-9,12H,7H2,1-2H3. The lowest BCUT2D eigenvalue weighted by molar-refractivity contribution is 0.474. The van der Waals surface area contributed by atoms with Gasteiger partial charge in [-0.1, -0.05) is 11.2 Å². The summed E-state index contributed by atoms with van der Waals surface area (Å²) in [5.74, 6) is 0. The Hall–Kier alpha value is -1.29. The maximum Gasteiger partial charge on any atom is 0.104 e. The van der Waals surface area contributed by atoms with Crippen LogP contribution in [0.3, 0.4) is 0 Å². The third kappa shape index (κ3) is 3.22. The summed E-state index contributed by atoms with van der Waals surface area (Å²) in [4.78, 5) is 14.4. The molecule has 1 rings (SSSR count). The molecule has 76 valence electrons. The second-order valence-electron chi connectivity index (χ2n) is 3.34. The topological polar surface area (TPSA) is 54.4 Å². The van der Waals surface area contributed by atoms with Crippen molar-refractivity contribution in [2.24, 2.45) is 5.18 Å². The van der Waals surface area contributed by atoms with Gasteiger partial charge in [0.1, 0.15) is 6.04 Å². The van der Waals surface area contributed by atoms with E-state index in [0.717, 1.165) is 5.69 Å². The first-order chi connectivity index (χ1) is 6.74. The number of nitrogens with zero attached hydrogens (tertiary/aromatic N) is 2. The summed E-state index contributed by atoms with van der Waals surface area (Å²) in [5.41, 5.74) is 0.970. The van der Waals surface area contributed by atoms with Crippen molar-refractivity contribution in [1.82, 2.24) is 10.3 Å². The van der Waals surface area contributed by atoms with Crippen molar-refractivity contribution in [2.75, 3.05) is 0 Å². The normalized spacial score (nSPS) is 14.7. The third-order valence-electron chi connectivity index (χ3n) is 2.22. The Kier molecular flexibility index (Phi) is 4.19. The molecule has 1 N–H and O–H groups in total. The highest BCUT2D eigenvalue weighted by Gasteiger charge is 2.10. The number of nitroso groups, excluding NO2 is 1. The van der Waals surface area contributed by atoms with Gasteiger partial charge in [-0.15, -0.1) is 0 Å². The highest BCUT2D eigenvalue weighted by molar-refractivity contribution is 5.03. The number of hydrogen-bond acceptors (Lipinski definition) is 4. The van der Waals surface area contributed by atoms with E-state index in [9.17, 15) is 4.91 Å². The quantitative estimate of drug-likeness (QED) is 0.724. The van der Waals surface area contributed by atoms with Crippen molar-refractivity contribution in [3.05, 3.63) is 35.0 Å². The van der Waals surface area contributed by atoms with Gasteiger partial charge in [-0.2, -0.15) is 4.91 Å². The molecule has 0 saturated carbocycles. The molecule has 4 nitrogen and oxygen atoms in total. The van der Waals surface area contributed by atoms with Gasteiger partial charge in [0.05, 0.1) is 5.69 Å². The molecular formula is C10H15N3O. The molecule has 1 aromatic rings. The average Bonchev–Trinajstić information content (AvgIpc) is 2.26. The van der Waals surface area contributed by atoms with Crippen LogP contribution in [-0.4, -0.2) is 17.1 Å². The highest BCUT2D eigenvalue weighted by Crippen LogP contribution is 1.99. The summed E-state index contributed by atoms with van der Waals surface area (Å²) in [6, 6.07) is 5.63. The molecule has 2 atom stereocenters. The van der Waals surface area contributed by atoms with E-state index in [1.54, 1.807) is 13.1 Å². The van der Waals surface area contributed by atoms with E-state index in [0.29, 0.717) is 6.54 Å². The second-order valence-corrected chi connectivity index (χ2v) is 3.34. The van der Waals surface area contributed by atoms with Crippen molar-refractivity contribution >= 4 is 0 Å². The molecule has 0 radical (unpaired) electrons. The van der Waals surface area contributed by atoms with Crippen LogP contribution in [0, 0.1) is 4.91 Å². The van der Waals surface area contributed by atoms with Gasteiger partial charge in [0.15, 0.2) is 0 Å². The van der Waals surface area contributed by atoms with E-state index in [1.807, 2.05) is 25.1 Å². The van der Waals surface area contributed by atoms with Crippen LogP contribution < -0.4 is 5.32 Å². The summed E-state index contributed by atoms with van der Waals surface area (Å²) in [6.07, 6.45) is 1.75. The van der Waals surface area contributed by atoms with Crippen molar-refractivity contribution < 1.29 is 0 Å². The van der Waals surface area contributed by atoms with E-state index in [4.69, 9.17) is 0 Å². The van der Waals surface area contributed by atoms with Gasteiger partial charge >= 0.3 is 0 Å². The van der Waals surface area contributed by atoms with E-state index in [2.05, 4.69) is 15.5 Å². The van der Waals surface area contributed by atoms with Crippen LogP contribution in [0.4, 0.5) is 0 Å². The number of pyridine rings is 1. The van der Waals surface area contributed by atoms with Crippen LogP contribution in [-0.2, 0) is 6.54 Å². The smallest absolute Gasteiger partial charge is 0.104 e. The number of hydrogen-bond donors (Lipinski definition) is 1. The van der Waals surface area contributed by atoms with Crippen LogP contribution in [0.2, 0.25) is 0 Å². The zero-order chi connectivity index (χ0) is 10.4. The summed E-state index contributed by atoms with van der Waals surface area (Å²) in [6.45, 7) is 4.40. The Bertz CT molecular complexity index is 276. The Balaban J connectivity index is 2.37. The largest absolute Gasteiger partial charge is 0.306 e. The summed E-state index contributed by atoms with van der Waals surface area (Å²) < 4.78 is 0. The molecule has 0 bridgehead atoms. The summed E-state index contributed by atoms with van der Waals surface area (Å²) in [5, 5.41) is 6.16. The van der Waals surface area contributed by atoms with Gasteiger partial charge in [0.25, 0.3) is 0 Å². The van der Waals surface area contributed by atoms with Crippen LogP contribution in [0.15, 0.2) is 29.6 Å². The van der Waals surface area contributed by atoms with E-state index in [1.165, 1.54) is 0 Å². The van der Waals surface area contributed by atoms with Crippen molar-refractivity contribution in [3.8, 4) is 0 Å². The van der Waals surface area contributed by atoms with Gasteiger partial charge < -0.3 is 5.32 Å². The van der Waals surface area contributed by atoms with Gasteiger partial charge in [-0.3, -0.25) is 4.98 Å². The van der Waals surface area contributed by atoms with E-state index in [-0.39, 0.29) is 12.1 Å². The Morgan fingerprint density at radius 2 is 2.29 bits per heavy atom. The van der Waals surface area contributed by atoms with Crippen molar-refractivity contribution in [3.63, 3.8) is 0 Å². The lowest BCUT2D eigenvalue weighted by atomic mass is 10.2. The van der Waals surface area contributed by atoms with Crippen molar-refractivity contribution in [1.29, 1.82) is 0 Å². The maximum absolute atomic E-state index is 10.3. The molecule has 0 aromatic carbocycles. The zero-order valence-corrected chi connectivity index (χ0v) is 8.47. The van der Waals surface area contributed by atoms with Gasteiger partial charge in [-0.05, 0) is 26.0 Å². The Morgan fingerprint density at radius 3 is 2.86 bits per heavy atom. The first kappa shape index (κ1) is 10.8. The molecule has 0 amide bonds. The lowest BCUT2D eigenvalue weighted by Crippen LogP contribution is -2.34. The predicted octanol–water partition coefficient (Wildman–Crippen LogP) is 1.71. The summed E-state index contributed by atoms with van der Waals surface area (Å²) >= 11 is 0. The second kappa shape index (κ2) is 5.44. The van der Waals surface area contributed by atoms with Crippen LogP contribution in [0.1, 0.15) is 19.5 Å². The van der Waals surface area contributed by atoms with Crippen LogP contribution in [0.5, 0.6) is 0 Å². The number of nitrogens with one attached hydrogen (secondary N) is 1. The zero-order valence-electron chi connectivity index (χ0n) is 8.47. The van der Waals surface area contributed by atoms with Gasteiger partial charge in [0, 0.05) is 18.8 Å². The van der Waals surface area contributed by atoms with Gasteiger partial charge in [-0.25, -0.2) is 0 Å². The molecular weight excluding hydrogens is 178 g/mol. The Morgan fingerprint density at radius 1 is 1.50 bits per heavy atom. The maximum atomic E-state index is 10.3. The molecule has 0 aliphatic rings. The fraction of sp³-hybridized carbons (Fsp3) is 0.500. The van der Waals surface area contributed by atoms with Gasteiger partial charge in [0.2, 0.25) is 0 Å². The minimum absolute atomic E-state index is 0.0782. The number of rotatable bonds is 5. The molecule has 0 spiro atoms. The third-order valence-corrected chi connectivity index (χ3v) is 2.22. The first-order valence-corrected chi connectivity index (χ1v) is 4.70. The fourth-order valence-electron chi connectivity index (χ4n) is 1.03. The minimum atomic E-state index is -0.210. The van der Waals surface area contributed by atoms with E-state index < -0.39 is 0 Å². The number of aromatic nitrogens is 1. The molecule has 0 aliphatic heterocycles. The summed E-state index contributed by atoms with van der Waals surface area (Å²) in [7, 11) is 0. The average molecular weight is 193 g/mol. The molecule has 4 heteroatoms. The van der Waals surface area contributed by atoms with E-state index >= 15 is 0 Å².